The highest BCUT2D eigenvalue weighted by Gasteiger charge is 2.24. The van der Waals surface area contributed by atoms with Gasteiger partial charge in [-0.2, -0.15) is 0 Å². The first-order valence-corrected chi connectivity index (χ1v) is 9.04. The first kappa shape index (κ1) is 14.6. The lowest BCUT2D eigenvalue weighted by Crippen LogP contribution is -2.20. The molecule has 0 spiro atoms. The fourth-order valence-corrected chi connectivity index (χ4v) is 4.16. The third kappa shape index (κ3) is 2.71. The van der Waals surface area contributed by atoms with Gasteiger partial charge in [-0.15, -0.1) is 11.6 Å². The van der Waals surface area contributed by atoms with Crippen molar-refractivity contribution in [3.8, 4) is 0 Å². The monoisotopic (exact) mass is 402 g/mol. The van der Waals surface area contributed by atoms with Crippen LogP contribution >= 0.6 is 34.2 Å². The third-order valence-corrected chi connectivity index (χ3v) is 5.49. The fourth-order valence-electron chi connectivity index (χ4n) is 3.50. The molecule has 1 aromatic heterocycles. The van der Waals surface area contributed by atoms with Crippen molar-refractivity contribution in [2.45, 2.75) is 50.9 Å². The molecule has 2 aromatic rings. The molecule has 1 atom stereocenters. The van der Waals surface area contributed by atoms with Crippen LogP contribution in [0.15, 0.2) is 18.2 Å². The summed E-state index contributed by atoms with van der Waals surface area (Å²) in [5.41, 5.74) is 2.31. The number of hydrogen-bond donors (Lipinski definition) is 0. The maximum atomic E-state index is 6.14. The third-order valence-electron chi connectivity index (χ3n) is 4.58. The van der Waals surface area contributed by atoms with Crippen molar-refractivity contribution >= 4 is 45.2 Å². The van der Waals surface area contributed by atoms with Crippen molar-refractivity contribution in [2.24, 2.45) is 5.92 Å². The average Bonchev–Trinajstić information content (AvgIpc) is 2.84. The zero-order valence-electron chi connectivity index (χ0n) is 11.8. The number of benzene rings is 1. The molecule has 0 amide bonds. The summed E-state index contributed by atoms with van der Waals surface area (Å²) in [5, 5.41) is 0. The lowest BCUT2D eigenvalue weighted by atomic mass is 9.84. The van der Waals surface area contributed by atoms with Crippen molar-refractivity contribution in [3.05, 3.63) is 27.6 Å². The maximum Gasteiger partial charge on any atom is 0.125 e. The van der Waals surface area contributed by atoms with Crippen molar-refractivity contribution in [2.75, 3.05) is 0 Å². The van der Waals surface area contributed by atoms with Gasteiger partial charge in [-0.1, -0.05) is 19.3 Å². The van der Waals surface area contributed by atoms with Crippen molar-refractivity contribution in [3.63, 3.8) is 0 Å². The fraction of sp³-hybridized carbons (Fsp3) is 0.562. The van der Waals surface area contributed by atoms with E-state index in [0.717, 1.165) is 17.3 Å². The molecule has 1 aliphatic carbocycles. The van der Waals surface area contributed by atoms with Crippen LogP contribution in [0.4, 0.5) is 0 Å². The van der Waals surface area contributed by atoms with E-state index in [4.69, 9.17) is 16.6 Å². The van der Waals surface area contributed by atoms with E-state index in [1.807, 2.05) is 0 Å². The minimum atomic E-state index is 0.488. The minimum Gasteiger partial charge on any atom is -0.324 e. The van der Waals surface area contributed by atoms with Gasteiger partial charge < -0.3 is 4.57 Å². The predicted molar refractivity (Wildman–Crippen MR) is 93.3 cm³/mol. The molecule has 20 heavy (non-hydrogen) atoms. The lowest BCUT2D eigenvalue weighted by Gasteiger charge is -2.30. The van der Waals surface area contributed by atoms with Crippen molar-refractivity contribution in [1.82, 2.24) is 9.55 Å². The van der Waals surface area contributed by atoms with Gasteiger partial charge in [0.05, 0.1) is 16.9 Å². The molecule has 0 N–H and O–H groups in total. The quantitative estimate of drug-likeness (QED) is 0.488. The van der Waals surface area contributed by atoms with Crippen LogP contribution < -0.4 is 0 Å². The van der Waals surface area contributed by atoms with Crippen LogP contribution in [0.25, 0.3) is 11.0 Å². The number of imidazole rings is 1. The molecule has 0 aliphatic heterocycles. The van der Waals surface area contributed by atoms with Crippen molar-refractivity contribution in [1.29, 1.82) is 0 Å². The Morgan fingerprint density at radius 1 is 1.35 bits per heavy atom. The van der Waals surface area contributed by atoms with Crippen LogP contribution in [0.2, 0.25) is 0 Å². The Hall–Kier alpha value is -0.290. The van der Waals surface area contributed by atoms with Crippen LogP contribution in [0.5, 0.6) is 0 Å². The molecule has 1 fully saturated rings. The molecule has 3 rings (SSSR count). The van der Waals surface area contributed by atoms with Crippen molar-refractivity contribution < 1.29 is 0 Å². The summed E-state index contributed by atoms with van der Waals surface area (Å²) in [6, 6.07) is 7.00. The first-order chi connectivity index (χ1) is 9.70. The summed E-state index contributed by atoms with van der Waals surface area (Å²) in [6.45, 7) is 2.34. The molecule has 108 valence electrons. The molecule has 1 saturated carbocycles. The van der Waals surface area contributed by atoms with E-state index in [9.17, 15) is 0 Å². The van der Waals surface area contributed by atoms with Gasteiger partial charge in [0.1, 0.15) is 5.82 Å². The average molecular weight is 403 g/mol. The predicted octanol–water partition coefficient (Wildman–Crippen LogP) is 5.52. The van der Waals surface area contributed by atoms with Gasteiger partial charge in [0.2, 0.25) is 0 Å². The van der Waals surface area contributed by atoms with E-state index in [0.29, 0.717) is 11.9 Å². The van der Waals surface area contributed by atoms with Gasteiger partial charge in [0, 0.05) is 9.61 Å². The highest BCUT2D eigenvalue weighted by atomic mass is 127. The molecule has 1 aromatic carbocycles. The first-order valence-electron chi connectivity index (χ1n) is 7.43. The number of rotatable bonds is 3. The molecular formula is C16H20ClIN2. The zero-order chi connectivity index (χ0) is 14.1. The van der Waals surface area contributed by atoms with Crippen LogP contribution in [0, 0.1) is 9.49 Å². The summed E-state index contributed by atoms with van der Waals surface area (Å²) >= 11 is 8.48. The Labute approximate surface area is 139 Å². The number of hydrogen-bond acceptors (Lipinski definition) is 1. The molecule has 1 unspecified atom stereocenters. The van der Waals surface area contributed by atoms with Gasteiger partial charge in [-0.05, 0) is 66.5 Å². The number of aromatic nitrogens is 2. The van der Waals surface area contributed by atoms with Crippen LogP contribution in [0.3, 0.4) is 0 Å². The van der Waals surface area contributed by atoms with Gasteiger partial charge in [-0.25, -0.2) is 4.98 Å². The molecular weight excluding hydrogens is 383 g/mol. The summed E-state index contributed by atoms with van der Waals surface area (Å²) in [4.78, 5) is 4.73. The van der Waals surface area contributed by atoms with Gasteiger partial charge in [0.15, 0.2) is 0 Å². The highest BCUT2D eigenvalue weighted by molar-refractivity contribution is 14.1. The molecule has 0 saturated heterocycles. The SMILES string of the molecule is CC(C1CCCCC1)n1c(CCl)nc2cc(I)ccc21. The molecule has 2 nitrogen and oxygen atoms in total. The molecule has 0 radical (unpaired) electrons. The summed E-state index contributed by atoms with van der Waals surface area (Å²) in [7, 11) is 0. The standard InChI is InChI=1S/C16H20ClIN2/c1-11(12-5-3-2-4-6-12)20-15-8-7-13(18)9-14(15)19-16(20)10-17/h7-9,11-12H,2-6,10H2,1H3. The second-order valence-corrected chi connectivity index (χ2v) is 7.32. The minimum absolute atomic E-state index is 0.488. The van der Waals surface area contributed by atoms with E-state index in [1.165, 1.54) is 41.2 Å². The molecule has 4 heteroatoms. The van der Waals surface area contributed by atoms with Gasteiger partial charge in [-0.3, -0.25) is 0 Å². The van der Waals surface area contributed by atoms with E-state index in [2.05, 4.69) is 52.3 Å². The van der Waals surface area contributed by atoms with E-state index >= 15 is 0 Å². The van der Waals surface area contributed by atoms with Crippen LogP contribution in [0.1, 0.15) is 50.9 Å². The second kappa shape index (κ2) is 6.22. The topological polar surface area (TPSA) is 17.8 Å². The lowest BCUT2D eigenvalue weighted by molar-refractivity contribution is 0.265. The van der Waals surface area contributed by atoms with E-state index < -0.39 is 0 Å². The maximum absolute atomic E-state index is 6.14. The Morgan fingerprint density at radius 3 is 2.80 bits per heavy atom. The Morgan fingerprint density at radius 2 is 2.10 bits per heavy atom. The Kier molecular flexibility index (Phi) is 4.55. The van der Waals surface area contributed by atoms with Crippen LogP contribution in [-0.2, 0) is 5.88 Å². The zero-order valence-corrected chi connectivity index (χ0v) is 14.7. The summed E-state index contributed by atoms with van der Waals surface area (Å²) in [5.74, 6) is 2.27. The Bertz CT molecular complexity index is 602. The number of halogens is 2. The highest BCUT2D eigenvalue weighted by Crippen LogP contribution is 2.35. The number of alkyl halides is 1. The second-order valence-electron chi connectivity index (χ2n) is 5.80. The van der Waals surface area contributed by atoms with E-state index in [1.54, 1.807) is 0 Å². The normalized spacial score (nSPS) is 18.6. The molecule has 1 aliphatic rings. The molecule has 0 bridgehead atoms. The largest absolute Gasteiger partial charge is 0.324 e. The summed E-state index contributed by atoms with van der Waals surface area (Å²) < 4.78 is 3.61. The van der Waals surface area contributed by atoms with Gasteiger partial charge in [0.25, 0.3) is 0 Å². The van der Waals surface area contributed by atoms with Crippen LogP contribution in [-0.4, -0.2) is 9.55 Å². The smallest absolute Gasteiger partial charge is 0.125 e. The number of nitrogens with zero attached hydrogens (tertiary/aromatic N) is 2. The number of fused-ring (bicyclic) bond motifs is 1. The van der Waals surface area contributed by atoms with Gasteiger partial charge >= 0.3 is 0 Å². The Balaban J connectivity index is 2.04. The van der Waals surface area contributed by atoms with E-state index in [-0.39, 0.29) is 0 Å². The molecule has 1 heterocycles. The summed E-state index contributed by atoms with van der Waals surface area (Å²) in [6.07, 6.45) is 6.82.